The number of likely N-dealkylation sites (tertiary alicyclic amines) is 2. The topological polar surface area (TPSA) is 26.7 Å². The van der Waals surface area contributed by atoms with Crippen LogP contribution in [0, 0.1) is 5.92 Å². The fraction of sp³-hybridized carbons (Fsp3) is 0.478. The van der Waals surface area contributed by atoms with E-state index in [-0.39, 0.29) is 6.23 Å². The van der Waals surface area contributed by atoms with Gasteiger partial charge in [0.15, 0.2) is 0 Å². The first-order valence-electron chi connectivity index (χ1n) is 10.0. The highest BCUT2D eigenvalue weighted by Crippen LogP contribution is 2.31. The average molecular weight is 351 g/mol. The van der Waals surface area contributed by atoms with Gasteiger partial charge in [-0.15, -0.1) is 0 Å². The number of aliphatic hydroxyl groups excluding tert-OH is 1. The molecule has 0 saturated carbocycles. The lowest BCUT2D eigenvalue weighted by atomic mass is 9.98. The first-order chi connectivity index (χ1) is 12.7. The summed E-state index contributed by atoms with van der Waals surface area (Å²) in [6.07, 6.45) is 4.39. The molecule has 2 saturated heterocycles. The summed E-state index contributed by atoms with van der Waals surface area (Å²) in [5, 5.41) is 10.7. The van der Waals surface area contributed by atoms with Crippen molar-refractivity contribution in [1.82, 2.24) is 9.80 Å². The van der Waals surface area contributed by atoms with Crippen molar-refractivity contribution in [2.75, 3.05) is 19.8 Å². The van der Waals surface area contributed by atoms with E-state index in [1.807, 2.05) is 0 Å². The van der Waals surface area contributed by atoms with Gasteiger partial charge in [-0.1, -0.05) is 61.5 Å². The first-order valence-corrected chi connectivity index (χ1v) is 10.0. The summed E-state index contributed by atoms with van der Waals surface area (Å²) < 4.78 is 0. The lowest BCUT2D eigenvalue weighted by Crippen LogP contribution is -2.45. The van der Waals surface area contributed by atoms with Crippen molar-refractivity contribution in [2.24, 2.45) is 5.92 Å². The van der Waals surface area contributed by atoms with E-state index in [2.05, 4.69) is 71.3 Å². The van der Waals surface area contributed by atoms with Gasteiger partial charge in [-0.2, -0.15) is 0 Å². The van der Waals surface area contributed by atoms with E-state index in [0.717, 1.165) is 19.5 Å². The van der Waals surface area contributed by atoms with Crippen LogP contribution >= 0.6 is 0 Å². The fourth-order valence-corrected chi connectivity index (χ4v) is 4.52. The molecule has 138 valence electrons. The molecule has 3 nitrogen and oxygen atoms in total. The highest BCUT2D eigenvalue weighted by Gasteiger charge is 2.38. The molecule has 0 radical (unpaired) electrons. The predicted octanol–water partition coefficient (Wildman–Crippen LogP) is 3.98. The summed E-state index contributed by atoms with van der Waals surface area (Å²) in [6, 6.07) is 19.9. The fourth-order valence-electron chi connectivity index (χ4n) is 4.52. The van der Waals surface area contributed by atoms with Crippen LogP contribution in [0.15, 0.2) is 54.6 Å². The van der Waals surface area contributed by atoms with E-state index in [4.69, 9.17) is 0 Å². The van der Waals surface area contributed by atoms with Crippen LogP contribution in [0.4, 0.5) is 0 Å². The van der Waals surface area contributed by atoms with Gasteiger partial charge < -0.3 is 5.11 Å². The van der Waals surface area contributed by atoms with Gasteiger partial charge in [-0.05, 0) is 61.4 Å². The van der Waals surface area contributed by atoms with Crippen LogP contribution in [0.3, 0.4) is 0 Å². The second kappa shape index (κ2) is 7.91. The second-order valence-corrected chi connectivity index (χ2v) is 8.03. The van der Waals surface area contributed by atoms with E-state index in [9.17, 15) is 5.11 Å². The van der Waals surface area contributed by atoms with Crippen molar-refractivity contribution in [3.63, 3.8) is 0 Å². The van der Waals surface area contributed by atoms with Crippen molar-refractivity contribution in [3.8, 4) is 11.1 Å². The van der Waals surface area contributed by atoms with Gasteiger partial charge >= 0.3 is 0 Å². The summed E-state index contributed by atoms with van der Waals surface area (Å²) in [6.45, 7) is 5.45. The summed E-state index contributed by atoms with van der Waals surface area (Å²) in [7, 11) is 0. The minimum absolute atomic E-state index is 0.302. The van der Waals surface area contributed by atoms with Crippen LogP contribution in [-0.2, 0) is 6.42 Å². The van der Waals surface area contributed by atoms with Crippen LogP contribution in [-0.4, -0.2) is 46.9 Å². The molecule has 0 aromatic heterocycles. The third-order valence-electron chi connectivity index (χ3n) is 6.06. The standard InChI is InChI=1S/C23H30N2O/c1-18-15-22(25(23(18)26)17-24-13-5-6-14-24)16-19-9-11-21(12-10-19)20-7-3-2-4-8-20/h2-4,7-12,18,22-23,26H,5-6,13-17H2,1H3/t18?,22-,23?/m0/s1. The third kappa shape index (κ3) is 3.85. The Balaban J connectivity index is 1.44. The second-order valence-electron chi connectivity index (χ2n) is 8.03. The SMILES string of the molecule is CC1C[C@@H](Cc2ccc(-c3ccccc3)cc2)N(CN2CCCC2)C1O. The summed E-state index contributed by atoms with van der Waals surface area (Å²) >= 11 is 0. The molecule has 2 aromatic rings. The van der Waals surface area contributed by atoms with Crippen molar-refractivity contribution < 1.29 is 5.11 Å². The van der Waals surface area contributed by atoms with Gasteiger partial charge in [0.2, 0.25) is 0 Å². The van der Waals surface area contributed by atoms with Crippen molar-refractivity contribution in [2.45, 2.75) is 44.9 Å². The molecule has 26 heavy (non-hydrogen) atoms. The van der Waals surface area contributed by atoms with Crippen LogP contribution in [0.5, 0.6) is 0 Å². The van der Waals surface area contributed by atoms with E-state index in [0.29, 0.717) is 12.0 Å². The number of aliphatic hydroxyl groups is 1. The molecule has 0 aliphatic carbocycles. The molecule has 0 bridgehead atoms. The van der Waals surface area contributed by atoms with Gasteiger partial charge in [0, 0.05) is 6.04 Å². The first kappa shape index (κ1) is 17.7. The molecule has 2 unspecified atom stereocenters. The maximum atomic E-state index is 10.7. The van der Waals surface area contributed by atoms with E-state index in [1.54, 1.807) is 0 Å². The molecule has 4 rings (SSSR count). The van der Waals surface area contributed by atoms with Gasteiger partial charge in [-0.25, -0.2) is 0 Å². The zero-order valence-corrected chi connectivity index (χ0v) is 15.7. The van der Waals surface area contributed by atoms with Crippen LogP contribution < -0.4 is 0 Å². The molecule has 3 heteroatoms. The number of rotatable bonds is 5. The molecule has 2 aromatic carbocycles. The van der Waals surface area contributed by atoms with Gasteiger partial charge in [0.05, 0.1) is 6.67 Å². The number of hydrogen-bond donors (Lipinski definition) is 1. The maximum absolute atomic E-state index is 10.7. The minimum Gasteiger partial charge on any atom is -0.378 e. The normalized spacial score (nSPS) is 27.2. The summed E-state index contributed by atoms with van der Waals surface area (Å²) in [5.41, 5.74) is 3.89. The van der Waals surface area contributed by atoms with Gasteiger partial charge in [0.1, 0.15) is 6.23 Å². The highest BCUT2D eigenvalue weighted by molar-refractivity contribution is 5.63. The lowest BCUT2D eigenvalue weighted by Gasteiger charge is -2.32. The number of benzene rings is 2. The molecule has 2 aliphatic heterocycles. The molecule has 2 heterocycles. The van der Waals surface area contributed by atoms with Crippen molar-refractivity contribution in [3.05, 3.63) is 60.2 Å². The Morgan fingerprint density at radius 2 is 1.58 bits per heavy atom. The van der Waals surface area contributed by atoms with Crippen LogP contribution in [0.1, 0.15) is 31.7 Å². The largest absolute Gasteiger partial charge is 0.378 e. The molecule has 0 spiro atoms. The zero-order chi connectivity index (χ0) is 17.9. The average Bonchev–Trinajstić information content (AvgIpc) is 3.28. The Bertz CT molecular complexity index is 694. The maximum Gasteiger partial charge on any atom is 0.111 e. The van der Waals surface area contributed by atoms with Crippen LogP contribution in [0.25, 0.3) is 11.1 Å². The van der Waals surface area contributed by atoms with Crippen molar-refractivity contribution >= 4 is 0 Å². The summed E-state index contributed by atoms with van der Waals surface area (Å²) in [4.78, 5) is 4.83. The Morgan fingerprint density at radius 1 is 0.923 bits per heavy atom. The quantitative estimate of drug-likeness (QED) is 0.884. The Labute approximate surface area is 157 Å². The molecule has 2 aliphatic rings. The van der Waals surface area contributed by atoms with Gasteiger partial charge in [0.25, 0.3) is 0 Å². The smallest absolute Gasteiger partial charge is 0.111 e. The molecule has 2 fully saturated rings. The molecular weight excluding hydrogens is 320 g/mol. The van der Waals surface area contributed by atoms with E-state index < -0.39 is 0 Å². The lowest BCUT2D eigenvalue weighted by molar-refractivity contribution is -0.0314. The molecule has 3 atom stereocenters. The Kier molecular flexibility index (Phi) is 5.39. The minimum atomic E-state index is -0.302. The monoisotopic (exact) mass is 350 g/mol. The third-order valence-corrected chi connectivity index (χ3v) is 6.06. The molecular formula is C23H30N2O. The molecule has 0 amide bonds. The van der Waals surface area contributed by atoms with E-state index in [1.165, 1.54) is 42.6 Å². The zero-order valence-electron chi connectivity index (χ0n) is 15.7. The number of hydrogen-bond acceptors (Lipinski definition) is 3. The number of nitrogens with zero attached hydrogens (tertiary/aromatic N) is 2. The van der Waals surface area contributed by atoms with Crippen molar-refractivity contribution in [1.29, 1.82) is 0 Å². The summed E-state index contributed by atoms with van der Waals surface area (Å²) in [5.74, 6) is 0.353. The van der Waals surface area contributed by atoms with Crippen LogP contribution in [0.2, 0.25) is 0 Å². The predicted molar refractivity (Wildman–Crippen MR) is 107 cm³/mol. The molecule has 1 N–H and O–H groups in total. The van der Waals surface area contributed by atoms with Gasteiger partial charge in [-0.3, -0.25) is 9.80 Å². The van der Waals surface area contributed by atoms with E-state index >= 15 is 0 Å². The highest BCUT2D eigenvalue weighted by atomic mass is 16.3. The Morgan fingerprint density at radius 3 is 2.27 bits per heavy atom. The Hall–Kier alpha value is -1.68.